The number of nitrogens with zero attached hydrogens (tertiary/aromatic N) is 1. The van der Waals surface area contributed by atoms with Crippen LogP contribution in [0, 0.1) is 6.92 Å². The van der Waals surface area contributed by atoms with Crippen molar-refractivity contribution in [1.82, 2.24) is 10.6 Å². The van der Waals surface area contributed by atoms with Crippen molar-refractivity contribution in [3.05, 3.63) is 65.2 Å². The van der Waals surface area contributed by atoms with Crippen LogP contribution in [0.3, 0.4) is 0 Å². The molecule has 0 saturated carbocycles. The molecule has 1 fully saturated rings. The van der Waals surface area contributed by atoms with Gasteiger partial charge in [0.25, 0.3) is 0 Å². The third kappa shape index (κ3) is 7.04. The number of aliphatic imine (C=N–C) groups is 1. The second kappa shape index (κ2) is 11.6. The van der Waals surface area contributed by atoms with E-state index in [1.807, 2.05) is 37.3 Å². The van der Waals surface area contributed by atoms with Crippen LogP contribution in [0.1, 0.15) is 30.0 Å². The topological polar surface area (TPSA) is 75.1 Å². The summed E-state index contributed by atoms with van der Waals surface area (Å²) in [4.78, 5) is 4.70. The molecular formula is C24H33N3O3. The predicted molar refractivity (Wildman–Crippen MR) is 120 cm³/mol. The Morgan fingerprint density at radius 2 is 2.07 bits per heavy atom. The summed E-state index contributed by atoms with van der Waals surface area (Å²) in [5.41, 5.74) is 3.31. The van der Waals surface area contributed by atoms with E-state index in [0.717, 1.165) is 42.0 Å². The first-order valence-electron chi connectivity index (χ1n) is 10.7. The molecule has 3 rings (SSSR count). The fraction of sp³-hybridized carbons (Fsp3) is 0.458. The Morgan fingerprint density at radius 3 is 2.80 bits per heavy atom. The minimum absolute atomic E-state index is 0.106. The van der Waals surface area contributed by atoms with Crippen molar-refractivity contribution in [2.45, 2.75) is 45.4 Å². The van der Waals surface area contributed by atoms with Gasteiger partial charge in [0.2, 0.25) is 0 Å². The maximum atomic E-state index is 10.4. The lowest BCUT2D eigenvalue weighted by Crippen LogP contribution is -2.41. The summed E-state index contributed by atoms with van der Waals surface area (Å²) in [7, 11) is 0. The highest BCUT2D eigenvalue weighted by molar-refractivity contribution is 5.79. The number of hydrogen-bond donors (Lipinski definition) is 3. The van der Waals surface area contributed by atoms with E-state index in [-0.39, 0.29) is 6.10 Å². The summed E-state index contributed by atoms with van der Waals surface area (Å²) in [6.45, 7) is 7.15. The van der Waals surface area contributed by atoms with Gasteiger partial charge in [-0.15, -0.1) is 0 Å². The van der Waals surface area contributed by atoms with E-state index in [9.17, 15) is 5.11 Å². The van der Waals surface area contributed by atoms with E-state index in [1.54, 1.807) is 0 Å². The van der Waals surface area contributed by atoms with Crippen molar-refractivity contribution in [3.8, 4) is 5.75 Å². The quantitative estimate of drug-likeness (QED) is 0.437. The standard InChI is InChI=1S/C24H33N3O3/c1-3-25-24(27-16-21(28)14-19-7-5-4-6-8-19)26-15-20-10-9-18(2)13-23(20)30-22-11-12-29-17-22/h4-10,13,21-22,28H,3,11-12,14-17H2,1-2H3,(H2,25,26,27). The molecule has 0 aliphatic carbocycles. The maximum Gasteiger partial charge on any atom is 0.191 e. The van der Waals surface area contributed by atoms with E-state index >= 15 is 0 Å². The second-order valence-electron chi connectivity index (χ2n) is 7.63. The Hall–Kier alpha value is -2.57. The molecule has 0 aromatic heterocycles. The first kappa shape index (κ1) is 22.1. The average Bonchev–Trinajstić information content (AvgIpc) is 3.25. The lowest BCUT2D eigenvalue weighted by Gasteiger charge is -2.17. The van der Waals surface area contributed by atoms with Crippen molar-refractivity contribution in [1.29, 1.82) is 0 Å². The van der Waals surface area contributed by atoms with Gasteiger partial charge in [-0.3, -0.25) is 0 Å². The molecule has 162 valence electrons. The molecular weight excluding hydrogens is 378 g/mol. The van der Waals surface area contributed by atoms with Gasteiger partial charge in [-0.05, 0) is 31.0 Å². The molecule has 2 atom stereocenters. The molecule has 2 unspecified atom stereocenters. The van der Waals surface area contributed by atoms with Gasteiger partial charge >= 0.3 is 0 Å². The van der Waals surface area contributed by atoms with Crippen LogP contribution in [-0.4, -0.2) is 49.6 Å². The lowest BCUT2D eigenvalue weighted by atomic mass is 10.1. The molecule has 1 aliphatic rings. The van der Waals surface area contributed by atoms with Gasteiger partial charge in [0.1, 0.15) is 11.9 Å². The van der Waals surface area contributed by atoms with Gasteiger partial charge in [0.05, 0.1) is 25.9 Å². The zero-order valence-electron chi connectivity index (χ0n) is 17.9. The monoisotopic (exact) mass is 411 g/mol. The maximum absolute atomic E-state index is 10.4. The van der Waals surface area contributed by atoms with Gasteiger partial charge in [-0.2, -0.15) is 0 Å². The molecule has 3 N–H and O–H groups in total. The van der Waals surface area contributed by atoms with E-state index in [4.69, 9.17) is 14.5 Å². The number of aliphatic hydroxyl groups is 1. The second-order valence-corrected chi connectivity index (χ2v) is 7.63. The van der Waals surface area contributed by atoms with Crippen molar-refractivity contribution < 1.29 is 14.6 Å². The molecule has 0 amide bonds. The predicted octanol–water partition coefficient (Wildman–Crippen LogP) is 2.82. The van der Waals surface area contributed by atoms with E-state index in [0.29, 0.717) is 32.1 Å². The lowest BCUT2D eigenvalue weighted by molar-refractivity contribution is 0.140. The Balaban J connectivity index is 1.59. The minimum Gasteiger partial charge on any atom is -0.488 e. The Bertz CT molecular complexity index is 805. The highest BCUT2D eigenvalue weighted by atomic mass is 16.5. The van der Waals surface area contributed by atoms with E-state index < -0.39 is 6.10 Å². The van der Waals surface area contributed by atoms with Crippen molar-refractivity contribution in [2.24, 2.45) is 4.99 Å². The molecule has 6 nitrogen and oxygen atoms in total. The Kier molecular flexibility index (Phi) is 8.53. The Morgan fingerprint density at radius 1 is 1.23 bits per heavy atom. The molecule has 1 aliphatic heterocycles. The third-order valence-corrected chi connectivity index (χ3v) is 4.98. The smallest absolute Gasteiger partial charge is 0.191 e. The largest absolute Gasteiger partial charge is 0.488 e. The highest BCUT2D eigenvalue weighted by Gasteiger charge is 2.18. The van der Waals surface area contributed by atoms with Gasteiger partial charge < -0.3 is 25.2 Å². The molecule has 2 aromatic carbocycles. The van der Waals surface area contributed by atoms with Crippen LogP contribution in [0.25, 0.3) is 0 Å². The van der Waals surface area contributed by atoms with Gasteiger partial charge in [0, 0.05) is 31.5 Å². The highest BCUT2D eigenvalue weighted by Crippen LogP contribution is 2.24. The molecule has 0 bridgehead atoms. The van der Waals surface area contributed by atoms with Gasteiger partial charge in [0.15, 0.2) is 5.96 Å². The SMILES string of the molecule is CCNC(=NCc1ccc(C)cc1OC1CCOC1)NCC(O)Cc1ccccc1. The van der Waals surface area contributed by atoms with Crippen LogP contribution >= 0.6 is 0 Å². The third-order valence-electron chi connectivity index (χ3n) is 4.98. The number of rotatable bonds is 9. The first-order chi connectivity index (χ1) is 14.6. The summed E-state index contributed by atoms with van der Waals surface area (Å²) in [5, 5.41) is 16.8. The Labute approximate surface area is 179 Å². The fourth-order valence-electron chi connectivity index (χ4n) is 3.37. The molecule has 0 spiro atoms. The summed E-state index contributed by atoms with van der Waals surface area (Å²) in [6.07, 6.45) is 1.14. The molecule has 30 heavy (non-hydrogen) atoms. The first-order valence-corrected chi connectivity index (χ1v) is 10.7. The summed E-state index contributed by atoms with van der Waals surface area (Å²) in [6, 6.07) is 16.2. The zero-order chi connectivity index (χ0) is 21.2. The summed E-state index contributed by atoms with van der Waals surface area (Å²) < 4.78 is 11.6. The van der Waals surface area contributed by atoms with E-state index in [1.165, 1.54) is 0 Å². The number of hydrogen-bond acceptors (Lipinski definition) is 4. The van der Waals surface area contributed by atoms with Gasteiger partial charge in [-0.1, -0.05) is 42.5 Å². The van der Waals surface area contributed by atoms with Crippen LogP contribution in [-0.2, 0) is 17.7 Å². The van der Waals surface area contributed by atoms with Gasteiger partial charge in [-0.25, -0.2) is 4.99 Å². The molecule has 0 radical (unpaired) electrons. The molecule has 1 saturated heterocycles. The molecule has 6 heteroatoms. The zero-order valence-corrected chi connectivity index (χ0v) is 17.9. The minimum atomic E-state index is -0.489. The van der Waals surface area contributed by atoms with Crippen molar-refractivity contribution in [2.75, 3.05) is 26.3 Å². The van der Waals surface area contributed by atoms with Crippen molar-refractivity contribution >= 4 is 5.96 Å². The molecule has 2 aromatic rings. The number of aliphatic hydroxyl groups excluding tert-OH is 1. The average molecular weight is 412 g/mol. The molecule has 1 heterocycles. The number of aryl methyl sites for hydroxylation is 1. The van der Waals surface area contributed by atoms with Crippen molar-refractivity contribution in [3.63, 3.8) is 0 Å². The summed E-state index contributed by atoms with van der Waals surface area (Å²) in [5.74, 6) is 1.55. The summed E-state index contributed by atoms with van der Waals surface area (Å²) >= 11 is 0. The van der Waals surface area contributed by atoms with Crippen LogP contribution in [0.15, 0.2) is 53.5 Å². The number of guanidine groups is 1. The number of nitrogens with one attached hydrogen (secondary N) is 2. The van der Waals surface area contributed by atoms with E-state index in [2.05, 4.69) is 35.8 Å². The normalized spacial score (nSPS) is 17.6. The van der Waals surface area contributed by atoms with Crippen LogP contribution < -0.4 is 15.4 Å². The van der Waals surface area contributed by atoms with Crippen LogP contribution in [0.4, 0.5) is 0 Å². The van der Waals surface area contributed by atoms with Crippen LogP contribution in [0.2, 0.25) is 0 Å². The van der Waals surface area contributed by atoms with Crippen LogP contribution in [0.5, 0.6) is 5.75 Å². The fourth-order valence-corrected chi connectivity index (χ4v) is 3.37. The number of ether oxygens (including phenoxy) is 2. The number of benzene rings is 2.